The first-order valence-electron chi connectivity index (χ1n) is 21.0. The predicted molar refractivity (Wildman–Crippen MR) is 216 cm³/mol. The third-order valence-electron chi connectivity index (χ3n) is 13.6. The molecule has 2 aliphatic carbocycles. The summed E-state index contributed by atoms with van der Waals surface area (Å²) in [7, 11) is 1.68. The molecular weight excluding hydrogens is 791 g/mol. The molecule has 5 aromatic rings. The molecule has 19 heteroatoms. The van der Waals surface area contributed by atoms with E-state index in [2.05, 4.69) is 47.4 Å². The number of hydrogen-bond acceptors (Lipinski definition) is 11. The number of para-hydroxylation sites is 1. The van der Waals surface area contributed by atoms with Gasteiger partial charge in [0.2, 0.25) is 11.8 Å². The number of fused-ring (bicyclic) bond motifs is 3. The molecule has 6 fully saturated rings. The number of carbonyl (C=O) groups is 3. The zero-order valence-corrected chi connectivity index (χ0v) is 33.5. The van der Waals surface area contributed by atoms with E-state index in [0.717, 1.165) is 70.8 Å². The standard InChI is InChI=1S/C42H44F2N12O5/c1-50-34-25(4-2-6-29(34)56(41(50)60)30-11-12-32(57)48-40(30)59)5-3-14-51-16-18-52(19-17-51)21-24-7-9-26(10-8-24)55-22-28(33(49-55)37(43)44)46-39(58)27-20-45-54-15-13-31(47-38(27)54)53-23-42-35(53)36(42)61-42/h2,4,6,13,15,20,22,24,26,30,35-37H,7-12,14,16-19,21,23H2,1H3,(H,46,58)(H,48,57,59)/t24?,26?,30-,35?,36?,42?/m1/s1. The van der Waals surface area contributed by atoms with E-state index in [0.29, 0.717) is 40.7 Å². The maximum absolute atomic E-state index is 14.3. The van der Waals surface area contributed by atoms with Crippen molar-refractivity contribution in [2.45, 2.75) is 74.8 Å². The molecule has 0 radical (unpaired) electrons. The molecule has 17 nitrogen and oxygen atoms in total. The lowest BCUT2D eigenvalue weighted by Gasteiger charge is -2.37. The van der Waals surface area contributed by atoms with Gasteiger partial charge in [-0.2, -0.15) is 10.2 Å². The molecule has 2 N–H and O–H groups in total. The largest absolute Gasteiger partial charge is 0.359 e. The van der Waals surface area contributed by atoms with Gasteiger partial charge in [0, 0.05) is 58.6 Å². The Kier molecular flexibility index (Phi) is 8.91. The van der Waals surface area contributed by atoms with Gasteiger partial charge in [-0.05, 0) is 56.2 Å². The number of hydrogen-bond donors (Lipinski definition) is 2. The van der Waals surface area contributed by atoms with Crippen LogP contribution in [0.4, 0.5) is 20.3 Å². The number of nitrogens with zero attached hydrogens (tertiary/aromatic N) is 10. The number of halogens is 2. The Morgan fingerprint density at radius 2 is 1.87 bits per heavy atom. The normalized spacial score (nSPS) is 27.3. The summed E-state index contributed by atoms with van der Waals surface area (Å²) in [4.78, 5) is 62.7. The molecule has 3 unspecified atom stereocenters. The summed E-state index contributed by atoms with van der Waals surface area (Å²) in [6.45, 7) is 5.90. The van der Waals surface area contributed by atoms with Crippen LogP contribution in [0.2, 0.25) is 0 Å². The van der Waals surface area contributed by atoms with Gasteiger partial charge in [-0.1, -0.05) is 17.9 Å². The summed E-state index contributed by atoms with van der Waals surface area (Å²) in [5, 5.41) is 13.6. The molecule has 1 spiro atoms. The van der Waals surface area contributed by atoms with E-state index in [1.165, 1.54) is 26.0 Å². The van der Waals surface area contributed by atoms with Crippen LogP contribution in [-0.4, -0.2) is 125 Å². The summed E-state index contributed by atoms with van der Waals surface area (Å²) in [5.41, 5.74) is 1.78. The number of alkyl halides is 2. The average Bonchev–Trinajstić information content (AvgIpc) is 3.79. The van der Waals surface area contributed by atoms with E-state index < -0.39 is 30.0 Å². The number of imide groups is 1. The van der Waals surface area contributed by atoms with Gasteiger partial charge in [0.1, 0.15) is 29.1 Å². The molecule has 4 aliphatic heterocycles. The smallest absolute Gasteiger partial charge is 0.329 e. The van der Waals surface area contributed by atoms with Crippen molar-refractivity contribution < 1.29 is 27.9 Å². The lowest BCUT2D eigenvalue weighted by atomic mass is 9.85. The third-order valence-corrected chi connectivity index (χ3v) is 13.6. The van der Waals surface area contributed by atoms with Crippen molar-refractivity contribution in [2.24, 2.45) is 13.0 Å². The molecule has 3 amide bonds. The van der Waals surface area contributed by atoms with Gasteiger partial charge in [0.25, 0.3) is 12.3 Å². The van der Waals surface area contributed by atoms with E-state index in [1.54, 1.807) is 17.9 Å². The number of ether oxygens (including phenoxy) is 1. The van der Waals surface area contributed by atoms with Crippen molar-refractivity contribution in [2.75, 3.05) is 56.0 Å². The van der Waals surface area contributed by atoms with Crippen molar-refractivity contribution in [1.29, 1.82) is 0 Å². The molecule has 316 valence electrons. The van der Waals surface area contributed by atoms with Crippen LogP contribution in [0.1, 0.15) is 78.6 Å². The molecule has 1 aromatic carbocycles. The predicted octanol–water partition coefficient (Wildman–Crippen LogP) is 2.49. The number of aromatic nitrogens is 7. The molecule has 2 saturated carbocycles. The number of morpholine rings is 1. The zero-order valence-electron chi connectivity index (χ0n) is 33.5. The van der Waals surface area contributed by atoms with Crippen LogP contribution in [-0.2, 0) is 21.4 Å². The first-order chi connectivity index (χ1) is 29.6. The van der Waals surface area contributed by atoms with E-state index in [4.69, 9.17) is 9.72 Å². The number of anilines is 2. The maximum Gasteiger partial charge on any atom is 0.329 e. The Morgan fingerprint density at radius 3 is 2.59 bits per heavy atom. The first-order valence-corrected chi connectivity index (χ1v) is 21.0. The summed E-state index contributed by atoms with van der Waals surface area (Å²) in [6, 6.07) is 6.92. The minimum atomic E-state index is -2.86. The highest BCUT2D eigenvalue weighted by atomic mass is 19.3. The summed E-state index contributed by atoms with van der Waals surface area (Å²) in [5.74, 6) is 6.42. The molecule has 61 heavy (non-hydrogen) atoms. The summed E-state index contributed by atoms with van der Waals surface area (Å²) < 4.78 is 40.2. The minimum absolute atomic E-state index is 0.00775. The topological polar surface area (TPSA) is 172 Å². The Hall–Kier alpha value is -5.97. The van der Waals surface area contributed by atoms with Crippen molar-refractivity contribution in [1.82, 2.24) is 48.6 Å². The molecular formula is C42H44F2N12O5. The second kappa shape index (κ2) is 14.3. The number of benzene rings is 1. The number of imidazole rings is 1. The number of amides is 3. The lowest BCUT2D eigenvalue weighted by Crippen LogP contribution is -2.52. The fraction of sp³-hybridized carbons (Fsp3) is 0.500. The van der Waals surface area contributed by atoms with Gasteiger partial charge in [-0.25, -0.2) is 23.1 Å². The number of nitrogens with one attached hydrogen (secondary N) is 2. The van der Waals surface area contributed by atoms with Gasteiger partial charge >= 0.3 is 5.69 Å². The van der Waals surface area contributed by atoms with Crippen LogP contribution in [0.5, 0.6) is 0 Å². The Labute approximate surface area is 347 Å². The zero-order chi connectivity index (χ0) is 41.7. The fourth-order valence-corrected chi connectivity index (χ4v) is 10.1. The first kappa shape index (κ1) is 38.0. The molecule has 4 saturated heterocycles. The van der Waals surface area contributed by atoms with E-state index >= 15 is 0 Å². The number of aryl methyl sites for hydroxylation is 1. The van der Waals surface area contributed by atoms with Crippen LogP contribution in [0.25, 0.3) is 16.7 Å². The molecule has 4 aromatic heterocycles. The number of epoxide rings is 1. The van der Waals surface area contributed by atoms with Crippen LogP contribution >= 0.6 is 0 Å². The fourth-order valence-electron chi connectivity index (χ4n) is 10.1. The Morgan fingerprint density at radius 1 is 1.07 bits per heavy atom. The maximum atomic E-state index is 14.3. The summed E-state index contributed by atoms with van der Waals surface area (Å²) >= 11 is 0. The number of rotatable bonds is 9. The Balaban J connectivity index is 0.673. The van der Waals surface area contributed by atoms with E-state index in [-0.39, 0.29) is 53.4 Å². The third kappa shape index (κ3) is 6.41. The van der Waals surface area contributed by atoms with Crippen molar-refractivity contribution in [3.8, 4) is 11.8 Å². The molecule has 8 heterocycles. The lowest BCUT2D eigenvalue weighted by molar-refractivity contribution is -0.135. The van der Waals surface area contributed by atoms with Gasteiger partial charge in [-0.3, -0.25) is 38.4 Å². The molecule has 4 atom stereocenters. The molecule has 11 rings (SSSR count). The van der Waals surface area contributed by atoms with Gasteiger partial charge < -0.3 is 19.9 Å². The second-order valence-corrected chi connectivity index (χ2v) is 17.2. The SMILES string of the molecule is Cn1c(=O)n([C@@H]2CCC(=O)NC2=O)c2cccc(C#CCN3CCN(CC4CCC(n5cc(NC(=O)c6cnn7ccc(N8CC9%10OC9C8%10)nc67)c(C(F)F)n5)CC4)CC3)c21. The summed E-state index contributed by atoms with van der Waals surface area (Å²) in [6.07, 6.45) is 6.07. The molecule has 6 aliphatic rings. The average molecular weight is 835 g/mol. The van der Waals surface area contributed by atoms with Crippen LogP contribution < -0.4 is 21.2 Å². The Bertz CT molecular complexity index is 2750. The quantitative estimate of drug-likeness (QED) is 0.127. The minimum Gasteiger partial charge on any atom is -0.359 e. The number of piperazine rings is 1. The van der Waals surface area contributed by atoms with Gasteiger partial charge in [-0.15, -0.1) is 0 Å². The van der Waals surface area contributed by atoms with E-state index in [9.17, 15) is 28.0 Å². The van der Waals surface area contributed by atoms with Crippen LogP contribution in [0.15, 0.2) is 47.7 Å². The highest BCUT2D eigenvalue weighted by Gasteiger charge is 2.91. The van der Waals surface area contributed by atoms with Crippen LogP contribution in [0.3, 0.4) is 0 Å². The van der Waals surface area contributed by atoms with Crippen LogP contribution in [0, 0.1) is 17.8 Å². The molecule has 0 bridgehead atoms. The highest BCUT2D eigenvalue weighted by Crippen LogP contribution is 2.70. The van der Waals surface area contributed by atoms with Crippen molar-refractivity contribution in [3.05, 3.63) is 70.2 Å². The van der Waals surface area contributed by atoms with Gasteiger partial charge in [0.15, 0.2) is 11.3 Å². The second-order valence-electron chi connectivity index (χ2n) is 17.2. The van der Waals surface area contributed by atoms with Gasteiger partial charge in [0.05, 0.1) is 53.7 Å². The van der Waals surface area contributed by atoms with E-state index in [1.807, 2.05) is 24.3 Å². The van der Waals surface area contributed by atoms with Crippen molar-refractivity contribution >= 4 is 45.9 Å². The number of carbonyl (C=O) groups excluding carboxylic acids is 3. The van der Waals surface area contributed by atoms with Crippen molar-refractivity contribution in [3.63, 3.8) is 0 Å². The highest BCUT2D eigenvalue weighted by molar-refractivity contribution is 6.08. The number of piperidine rings is 1. The monoisotopic (exact) mass is 834 g/mol.